The van der Waals surface area contributed by atoms with Crippen LogP contribution < -0.4 is 0 Å². The van der Waals surface area contributed by atoms with Crippen LogP contribution in [0, 0.1) is 0 Å². The highest BCUT2D eigenvalue weighted by atomic mass is 16.2. The van der Waals surface area contributed by atoms with Crippen LogP contribution in [0.25, 0.3) is 17.0 Å². The molecule has 96 valence electrons. The smallest absolute Gasteiger partial charge is 0.246 e. The van der Waals surface area contributed by atoms with E-state index >= 15 is 0 Å². The molecule has 0 unspecified atom stereocenters. The molecule has 1 fully saturated rings. The molecule has 0 radical (unpaired) electrons. The number of para-hydroxylation sites is 1. The molecular formula is C16H16N2O. The highest BCUT2D eigenvalue weighted by Gasteiger charge is 2.14. The Kier molecular flexibility index (Phi) is 3.27. The van der Waals surface area contributed by atoms with E-state index in [4.69, 9.17) is 0 Å². The molecule has 2 heterocycles. The van der Waals surface area contributed by atoms with Crippen LogP contribution in [0.2, 0.25) is 0 Å². The number of hydrogen-bond acceptors (Lipinski definition) is 2. The van der Waals surface area contributed by atoms with Crippen molar-refractivity contribution in [1.29, 1.82) is 0 Å². The Morgan fingerprint density at radius 2 is 1.89 bits per heavy atom. The van der Waals surface area contributed by atoms with Gasteiger partial charge in [-0.1, -0.05) is 24.3 Å². The summed E-state index contributed by atoms with van der Waals surface area (Å²) < 4.78 is 0. The molecule has 0 N–H and O–H groups in total. The van der Waals surface area contributed by atoms with Gasteiger partial charge in [-0.2, -0.15) is 0 Å². The number of hydrogen-bond donors (Lipinski definition) is 0. The summed E-state index contributed by atoms with van der Waals surface area (Å²) in [5.74, 6) is 0.0902. The summed E-state index contributed by atoms with van der Waals surface area (Å²) in [5.41, 5.74) is 1.78. The third-order valence-corrected chi connectivity index (χ3v) is 3.43. The van der Waals surface area contributed by atoms with Gasteiger partial charge in [-0.15, -0.1) is 0 Å². The fraction of sp³-hybridized carbons (Fsp3) is 0.250. The summed E-state index contributed by atoms with van der Waals surface area (Å²) >= 11 is 0. The van der Waals surface area contributed by atoms with E-state index in [2.05, 4.69) is 4.98 Å². The third-order valence-electron chi connectivity index (χ3n) is 3.43. The molecule has 3 rings (SSSR count). The number of nitrogens with zero attached hydrogens (tertiary/aromatic N) is 2. The van der Waals surface area contributed by atoms with Gasteiger partial charge in [0.05, 0.1) is 11.2 Å². The van der Waals surface area contributed by atoms with Crippen molar-refractivity contribution in [1.82, 2.24) is 9.88 Å². The van der Waals surface area contributed by atoms with Crippen LogP contribution in [0.3, 0.4) is 0 Å². The zero-order valence-electron chi connectivity index (χ0n) is 10.7. The average Bonchev–Trinajstić information content (AvgIpc) is 2.99. The fourth-order valence-corrected chi connectivity index (χ4v) is 2.37. The molecule has 2 aromatic rings. The Morgan fingerprint density at radius 1 is 1.11 bits per heavy atom. The van der Waals surface area contributed by atoms with E-state index in [0.29, 0.717) is 0 Å². The first-order valence-electron chi connectivity index (χ1n) is 6.66. The van der Waals surface area contributed by atoms with Gasteiger partial charge in [0.2, 0.25) is 5.91 Å². The molecule has 0 saturated carbocycles. The van der Waals surface area contributed by atoms with Crippen molar-refractivity contribution in [2.24, 2.45) is 0 Å². The van der Waals surface area contributed by atoms with Gasteiger partial charge < -0.3 is 4.90 Å². The van der Waals surface area contributed by atoms with Crippen molar-refractivity contribution in [3.05, 3.63) is 48.2 Å². The lowest BCUT2D eigenvalue weighted by atomic mass is 10.2. The number of pyridine rings is 1. The predicted molar refractivity (Wildman–Crippen MR) is 76.6 cm³/mol. The van der Waals surface area contributed by atoms with E-state index in [1.807, 2.05) is 41.3 Å². The lowest BCUT2D eigenvalue weighted by Gasteiger charge is -2.11. The normalized spacial score (nSPS) is 15.5. The first-order valence-corrected chi connectivity index (χ1v) is 6.66. The summed E-state index contributed by atoms with van der Waals surface area (Å²) in [6, 6.07) is 12.0. The zero-order chi connectivity index (χ0) is 13.1. The number of aromatic nitrogens is 1. The zero-order valence-corrected chi connectivity index (χ0v) is 10.7. The maximum Gasteiger partial charge on any atom is 0.246 e. The summed E-state index contributed by atoms with van der Waals surface area (Å²) in [5, 5.41) is 1.12. The van der Waals surface area contributed by atoms with Crippen molar-refractivity contribution in [2.75, 3.05) is 13.1 Å². The van der Waals surface area contributed by atoms with Crippen LogP contribution >= 0.6 is 0 Å². The molecule has 0 aliphatic carbocycles. The van der Waals surface area contributed by atoms with E-state index in [1.165, 1.54) is 0 Å². The van der Waals surface area contributed by atoms with Crippen LogP contribution in [0.15, 0.2) is 42.5 Å². The second kappa shape index (κ2) is 5.22. The number of rotatable bonds is 2. The van der Waals surface area contributed by atoms with Crippen molar-refractivity contribution < 1.29 is 4.79 Å². The first kappa shape index (κ1) is 11.9. The highest BCUT2D eigenvalue weighted by Crippen LogP contribution is 2.13. The molecular weight excluding hydrogens is 236 g/mol. The lowest BCUT2D eigenvalue weighted by Crippen LogP contribution is -2.25. The Morgan fingerprint density at radius 3 is 2.74 bits per heavy atom. The minimum Gasteiger partial charge on any atom is -0.339 e. The predicted octanol–water partition coefficient (Wildman–Crippen LogP) is 2.87. The highest BCUT2D eigenvalue weighted by molar-refractivity contribution is 5.92. The standard InChI is InChI=1S/C16H16N2O/c19-16(18-11-3-4-12-18)10-9-14-8-7-13-5-1-2-6-15(13)17-14/h1-2,5-10H,3-4,11-12H2/b10-9+. The van der Waals surface area contributed by atoms with Gasteiger partial charge in [0.25, 0.3) is 0 Å². The van der Waals surface area contributed by atoms with Crippen molar-refractivity contribution in [3.63, 3.8) is 0 Å². The van der Waals surface area contributed by atoms with Gasteiger partial charge in [-0.25, -0.2) is 4.98 Å². The molecule has 1 saturated heterocycles. The monoisotopic (exact) mass is 252 g/mol. The van der Waals surface area contributed by atoms with E-state index < -0.39 is 0 Å². The second-order valence-corrected chi connectivity index (χ2v) is 4.79. The van der Waals surface area contributed by atoms with E-state index in [9.17, 15) is 4.79 Å². The number of fused-ring (bicyclic) bond motifs is 1. The molecule has 1 aliphatic heterocycles. The van der Waals surface area contributed by atoms with Gasteiger partial charge in [0.1, 0.15) is 0 Å². The fourth-order valence-electron chi connectivity index (χ4n) is 2.37. The van der Waals surface area contributed by atoms with Crippen molar-refractivity contribution in [3.8, 4) is 0 Å². The number of carbonyl (C=O) groups excluding carboxylic acids is 1. The van der Waals surface area contributed by atoms with Gasteiger partial charge in [-0.05, 0) is 31.1 Å². The van der Waals surface area contributed by atoms with E-state index in [-0.39, 0.29) is 5.91 Å². The largest absolute Gasteiger partial charge is 0.339 e. The molecule has 0 bridgehead atoms. The van der Waals surface area contributed by atoms with Crippen LogP contribution in [0.4, 0.5) is 0 Å². The SMILES string of the molecule is O=C(/C=C/c1ccc2ccccc2n1)N1CCCC1. The van der Waals surface area contributed by atoms with Crippen LogP contribution in [0.1, 0.15) is 18.5 Å². The minimum absolute atomic E-state index is 0.0902. The van der Waals surface area contributed by atoms with E-state index in [1.54, 1.807) is 12.2 Å². The number of amides is 1. The Hall–Kier alpha value is -2.16. The van der Waals surface area contributed by atoms with E-state index in [0.717, 1.165) is 42.5 Å². The summed E-state index contributed by atoms with van der Waals surface area (Å²) in [4.78, 5) is 18.3. The lowest BCUT2D eigenvalue weighted by molar-refractivity contribution is -0.124. The average molecular weight is 252 g/mol. The van der Waals surface area contributed by atoms with Gasteiger partial charge in [-0.3, -0.25) is 4.79 Å². The molecule has 0 atom stereocenters. The molecule has 1 amide bonds. The molecule has 1 aliphatic rings. The molecule has 0 spiro atoms. The van der Waals surface area contributed by atoms with Crippen LogP contribution in [0.5, 0.6) is 0 Å². The Labute approximate surface area is 112 Å². The Bertz CT molecular complexity index is 627. The van der Waals surface area contributed by atoms with Crippen molar-refractivity contribution in [2.45, 2.75) is 12.8 Å². The summed E-state index contributed by atoms with van der Waals surface area (Å²) in [7, 11) is 0. The quantitative estimate of drug-likeness (QED) is 0.770. The van der Waals surface area contributed by atoms with Crippen LogP contribution in [-0.4, -0.2) is 28.9 Å². The second-order valence-electron chi connectivity index (χ2n) is 4.79. The Balaban J connectivity index is 1.78. The maximum absolute atomic E-state index is 11.9. The van der Waals surface area contributed by atoms with Gasteiger partial charge in [0.15, 0.2) is 0 Å². The number of carbonyl (C=O) groups is 1. The number of likely N-dealkylation sites (tertiary alicyclic amines) is 1. The van der Waals surface area contributed by atoms with Gasteiger partial charge in [0, 0.05) is 24.6 Å². The number of benzene rings is 1. The maximum atomic E-state index is 11.9. The van der Waals surface area contributed by atoms with Gasteiger partial charge >= 0.3 is 0 Å². The summed E-state index contributed by atoms with van der Waals surface area (Å²) in [6.45, 7) is 1.77. The molecule has 1 aromatic heterocycles. The minimum atomic E-state index is 0.0902. The van der Waals surface area contributed by atoms with Crippen LogP contribution in [-0.2, 0) is 4.79 Å². The first-order chi connectivity index (χ1) is 9.33. The molecule has 19 heavy (non-hydrogen) atoms. The molecule has 1 aromatic carbocycles. The third kappa shape index (κ3) is 2.65. The topological polar surface area (TPSA) is 33.2 Å². The van der Waals surface area contributed by atoms with Crippen molar-refractivity contribution >= 4 is 22.9 Å². The molecule has 3 heteroatoms. The molecule has 3 nitrogen and oxygen atoms in total. The summed E-state index contributed by atoms with van der Waals surface area (Å²) in [6.07, 6.45) is 5.66.